The van der Waals surface area contributed by atoms with Crippen LogP contribution in [0.3, 0.4) is 0 Å². The number of esters is 1. The zero-order valence-electron chi connectivity index (χ0n) is 23.2. The first-order chi connectivity index (χ1) is 18.7. The molecule has 1 aromatic heterocycles. The minimum atomic E-state index is -0.735. The van der Waals surface area contributed by atoms with Crippen LogP contribution in [0.1, 0.15) is 76.4 Å². The van der Waals surface area contributed by atoms with Gasteiger partial charge in [0.2, 0.25) is 0 Å². The van der Waals surface area contributed by atoms with E-state index < -0.39 is 12.1 Å². The molecule has 4 rings (SSSR count). The van der Waals surface area contributed by atoms with E-state index in [-0.39, 0.29) is 18.4 Å². The van der Waals surface area contributed by atoms with Gasteiger partial charge in [-0.05, 0) is 93.3 Å². The van der Waals surface area contributed by atoms with Crippen LogP contribution in [-0.2, 0) is 28.8 Å². The number of hydrogen-bond donors (Lipinski definition) is 2. The SMILES string of the molecule is CCOC(=O)c1c(NC(=O)c2ccc(O[C@H](C)C(=O)Nc3c(C)cccc3CC)cc2)sc2c1CC[C@H](C)C2. The molecule has 0 radical (unpaired) electrons. The number of aryl methyl sites for hydroxylation is 2. The summed E-state index contributed by atoms with van der Waals surface area (Å²) in [5.41, 5.74) is 4.79. The average molecular weight is 549 g/mol. The monoisotopic (exact) mass is 548 g/mol. The smallest absolute Gasteiger partial charge is 0.341 e. The van der Waals surface area contributed by atoms with Crippen molar-refractivity contribution in [3.05, 3.63) is 75.2 Å². The van der Waals surface area contributed by atoms with Crippen molar-refractivity contribution in [2.75, 3.05) is 17.2 Å². The van der Waals surface area contributed by atoms with Crippen LogP contribution >= 0.6 is 11.3 Å². The molecule has 0 saturated carbocycles. The Kier molecular flexibility index (Phi) is 9.07. The van der Waals surface area contributed by atoms with E-state index in [0.717, 1.165) is 52.9 Å². The Balaban J connectivity index is 1.43. The second-order valence-electron chi connectivity index (χ2n) is 9.97. The van der Waals surface area contributed by atoms with Crippen LogP contribution in [-0.4, -0.2) is 30.5 Å². The molecule has 39 heavy (non-hydrogen) atoms. The van der Waals surface area contributed by atoms with Crippen LogP contribution in [0.4, 0.5) is 10.7 Å². The van der Waals surface area contributed by atoms with Crippen LogP contribution in [0.2, 0.25) is 0 Å². The molecule has 3 aromatic rings. The van der Waals surface area contributed by atoms with E-state index in [9.17, 15) is 14.4 Å². The molecular formula is C31H36N2O5S. The summed E-state index contributed by atoms with van der Waals surface area (Å²) in [4.78, 5) is 39.8. The van der Waals surface area contributed by atoms with Crippen molar-refractivity contribution in [3.63, 3.8) is 0 Å². The van der Waals surface area contributed by atoms with Gasteiger partial charge >= 0.3 is 5.97 Å². The maximum atomic E-state index is 13.1. The van der Waals surface area contributed by atoms with Gasteiger partial charge in [-0.1, -0.05) is 32.0 Å². The van der Waals surface area contributed by atoms with Crippen LogP contribution in [0.5, 0.6) is 5.75 Å². The number of benzene rings is 2. The van der Waals surface area contributed by atoms with E-state index in [1.807, 2.05) is 32.0 Å². The Hall–Kier alpha value is -3.65. The molecule has 0 aliphatic heterocycles. The lowest BCUT2D eigenvalue weighted by Gasteiger charge is -2.18. The Morgan fingerprint density at radius 1 is 1.08 bits per heavy atom. The molecule has 2 amide bonds. The number of anilines is 2. The minimum Gasteiger partial charge on any atom is -0.481 e. The summed E-state index contributed by atoms with van der Waals surface area (Å²) in [5.74, 6) is 0.0479. The highest BCUT2D eigenvalue weighted by molar-refractivity contribution is 7.17. The zero-order valence-corrected chi connectivity index (χ0v) is 24.0. The maximum absolute atomic E-state index is 13.1. The van der Waals surface area contributed by atoms with Crippen molar-refractivity contribution in [1.82, 2.24) is 0 Å². The fourth-order valence-electron chi connectivity index (χ4n) is 4.80. The zero-order chi connectivity index (χ0) is 28.1. The van der Waals surface area contributed by atoms with Crippen LogP contribution in [0.15, 0.2) is 42.5 Å². The van der Waals surface area contributed by atoms with Crippen molar-refractivity contribution in [2.24, 2.45) is 5.92 Å². The topological polar surface area (TPSA) is 93.7 Å². The molecule has 2 N–H and O–H groups in total. The van der Waals surface area contributed by atoms with Gasteiger partial charge in [0.25, 0.3) is 11.8 Å². The molecule has 206 valence electrons. The molecule has 2 atom stereocenters. The molecular weight excluding hydrogens is 512 g/mol. The van der Waals surface area contributed by atoms with Crippen molar-refractivity contribution in [2.45, 2.75) is 66.4 Å². The first-order valence-electron chi connectivity index (χ1n) is 13.5. The molecule has 0 fully saturated rings. The molecule has 0 saturated heterocycles. The summed E-state index contributed by atoms with van der Waals surface area (Å²) in [7, 11) is 0. The van der Waals surface area contributed by atoms with Gasteiger partial charge in [-0.25, -0.2) is 4.79 Å². The number of rotatable bonds is 9. The molecule has 0 spiro atoms. The number of carbonyl (C=O) groups excluding carboxylic acids is 3. The Morgan fingerprint density at radius 2 is 1.82 bits per heavy atom. The van der Waals surface area contributed by atoms with Gasteiger partial charge in [-0.2, -0.15) is 0 Å². The Labute approximate surface area is 233 Å². The van der Waals surface area contributed by atoms with Crippen molar-refractivity contribution >= 4 is 39.8 Å². The number of carbonyl (C=O) groups is 3. The first-order valence-corrected chi connectivity index (χ1v) is 14.3. The lowest BCUT2D eigenvalue weighted by atomic mass is 9.88. The van der Waals surface area contributed by atoms with Gasteiger partial charge in [0.1, 0.15) is 10.8 Å². The van der Waals surface area contributed by atoms with Crippen molar-refractivity contribution < 1.29 is 23.9 Å². The number of amides is 2. The third-order valence-corrected chi connectivity index (χ3v) is 8.17. The van der Waals surface area contributed by atoms with E-state index in [1.165, 1.54) is 11.3 Å². The molecule has 7 nitrogen and oxygen atoms in total. The lowest BCUT2D eigenvalue weighted by molar-refractivity contribution is -0.122. The van der Waals surface area contributed by atoms with E-state index in [0.29, 0.717) is 27.8 Å². The lowest BCUT2D eigenvalue weighted by Crippen LogP contribution is -2.30. The van der Waals surface area contributed by atoms with E-state index in [4.69, 9.17) is 9.47 Å². The number of fused-ring (bicyclic) bond motifs is 1. The predicted molar refractivity (Wildman–Crippen MR) is 155 cm³/mol. The third kappa shape index (κ3) is 6.50. The second-order valence-corrected chi connectivity index (χ2v) is 11.1. The number of nitrogens with one attached hydrogen (secondary N) is 2. The molecule has 0 unspecified atom stereocenters. The number of ether oxygens (including phenoxy) is 2. The van der Waals surface area contributed by atoms with E-state index >= 15 is 0 Å². The summed E-state index contributed by atoms with van der Waals surface area (Å²) < 4.78 is 11.2. The van der Waals surface area contributed by atoms with Crippen molar-refractivity contribution in [3.8, 4) is 5.75 Å². The van der Waals surface area contributed by atoms with E-state index in [2.05, 4.69) is 17.6 Å². The fourth-order valence-corrected chi connectivity index (χ4v) is 6.20. The van der Waals surface area contributed by atoms with Crippen LogP contribution in [0.25, 0.3) is 0 Å². The number of hydrogen-bond acceptors (Lipinski definition) is 6. The number of para-hydroxylation sites is 1. The van der Waals surface area contributed by atoms with Crippen molar-refractivity contribution in [1.29, 1.82) is 0 Å². The second kappa shape index (κ2) is 12.5. The van der Waals surface area contributed by atoms with Crippen LogP contribution in [0, 0.1) is 12.8 Å². The summed E-state index contributed by atoms with van der Waals surface area (Å²) in [5, 5.41) is 6.46. The molecule has 0 bridgehead atoms. The first kappa shape index (κ1) is 28.4. The van der Waals surface area contributed by atoms with Crippen LogP contribution < -0.4 is 15.4 Å². The Morgan fingerprint density at radius 3 is 2.51 bits per heavy atom. The highest BCUT2D eigenvalue weighted by atomic mass is 32.1. The van der Waals surface area contributed by atoms with Gasteiger partial charge in [0, 0.05) is 16.1 Å². The largest absolute Gasteiger partial charge is 0.481 e. The maximum Gasteiger partial charge on any atom is 0.341 e. The quantitative estimate of drug-likeness (QED) is 0.295. The van der Waals surface area contributed by atoms with Gasteiger partial charge in [-0.15, -0.1) is 11.3 Å². The molecule has 2 aromatic carbocycles. The highest BCUT2D eigenvalue weighted by Gasteiger charge is 2.29. The fraction of sp³-hybridized carbons (Fsp3) is 0.387. The summed E-state index contributed by atoms with van der Waals surface area (Å²) in [6, 6.07) is 12.6. The summed E-state index contributed by atoms with van der Waals surface area (Å²) >= 11 is 1.46. The predicted octanol–water partition coefficient (Wildman–Crippen LogP) is 6.58. The van der Waals surface area contributed by atoms with Gasteiger partial charge in [-0.3, -0.25) is 9.59 Å². The molecule has 1 aliphatic carbocycles. The molecule has 1 aliphatic rings. The standard InChI is InChI=1S/C31H36N2O5S/c1-6-21-10-8-9-19(4)27(21)32-28(34)20(5)38-23-14-12-22(13-15-23)29(35)33-30-26(31(36)37-7-2)24-16-11-18(3)17-25(24)39-30/h8-10,12-15,18,20H,6-7,11,16-17H2,1-5H3,(H,32,34)(H,33,35)/t18-,20+/m0/s1. The molecule has 8 heteroatoms. The van der Waals surface area contributed by atoms with Gasteiger partial charge in [0.15, 0.2) is 6.10 Å². The minimum absolute atomic E-state index is 0.247. The normalized spacial score (nSPS) is 15.2. The Bertz CT molecular complexity index is 1360. The van der Waals surface area contributed by atoms with E-state index in [1.54, 1.807) is 38.1 Å². The van der Waals surface area contributed by atoms with Gasteiger partial charge in [0.05, 0.1) is 12.2 Å². The molecule has 1 heterocycles. The third-order valence-electron chi connectivity index (χ3n) is 7.01. The average Bonchev–Trinajstić information content (AvgIpc) is 3.26. The van der Waals surface area contributed by atoms with Gasteiger partial charge < -0.3 is 20.1 Å². The summed E-state index contributed by atoms with van der Waals surface area (Å²) in [6.45, 7) is 9.95. The number of thiophene rings is 1. The summed E-state index contributed by atoms with van der Waals surface area (Å²) in [6.07, 6.45) is 2.78. The highest BCUT2D eigenvalue weighted by Crippen LogP contribution is 2.40.